The van der Waals surface area contributed by atoms with Crippen LogP contribution in [0.1, 0.15) is 15.9 Å². The Kier molecular flexibility index (Phi) is 6.31. The number of carbonyl (C=O) groups excluding carboxylic acids is 1. The summed E-state index contributed by atoms with van der Waals surface area (Å²) in [7, 11) is 1.37. The molecule has 1 heterocycles. The van der Waals surface area contributed by atoms with E-state index in [-0.39, 0.29) is 22.6 Å². The minimum atomic E-state index is -2.92. The van der Waals surface area contributed by atoms with Crippen LogP contribution in [0.5, 0.6) is 11.5 Å². The second-order valence-electron chi connectivity index (χ2n) is 4.74. The Balaban J connectivity index is 1.93. The average Bonchev–Trinajstić information content (AvgIpc) is 2.55. The van der Waals surface area contributed by atoms with Crippen molar-refractivity contribution in [3.05, 3.63) is 52.8 Å². The number of pyridine rings is 1. The number of ether oxygens (including phenoxy) is 2. The van der Waals surface area contributed by atoms with E-state index in [9.17, 15) is 13.6 Å². The molecule has 0 radical (unpaired) electrons. The maximum absolute atomic E-state index is 12.3. The number of rotatable bonds is 7. The van der Waals surface area contributed by atoms with Crippen molar-refractivity contribution < 1.29 is 23.0 Å². The van der Waals surface area contributed by atoms with E-state index < -0.39 is 6.61 Å². The number of nitrogens with zero attached hydrogens (tertiary/aromatic N) is 1. The highest BCUT2D eigenvalue weighted by atomic mass is 35.5. The fourth-order valence-electron chi connectivity index (χ4n) is 2.03. The van der Waals surface area contributed by atoms with Gasteiger partial charge in [0.05, 0.1) is 7.11 Å². The van der Waals surface area contributed by atoms with Crippen LogP contribution in [-0.4, -0.2) is 31.2 Å². The van der Waals surface area contributed by atoms with Gasteiger partial charge in [-0.15, -0.1) is 0 Å². The van der Waals surface area contributed by atoms with Gasteiger partial charge >= 0.3 is 6.61 Å². The van der Waals surface area contributed by atoms with E-state index in [4.69, 9.17) is 16.3 Å². The number of amides is 1. The van der Waals surface area contributed by atoms with E-state index in [0.717, 1.165) is 5.56 Å². The molecule has 24 heavy (non-hydrogen) atoms. The van der Waals surface area contributed by atoms with E-state index in [1.165, 1.54) is 25.4 Å². The molecule has 0 fully saturated rings. The van der Waals surface area contributed by atoms with Gasteiger partial charge in [-0.25, -0.2) is 4.98 Å². The Morgan fingerprint density at radius 3 is 2.75 bits per heavy atom. The second kappa shape index (κ2) is 8.44. The zero-order valence-electron chi connectivity index (χ0n) is 12.8. The Morgan fingerprint density at radius 2 is 2.08 bits per heavy atom. The normalized spacial score (nSPS) is 10.5. The summed E-state index contributed by atoms with van der Waals surface area (Å²) in [6.45, 7) is -2.56. The minimum Gasteiger partial charge on any atom is -0.493 e. The highest BCUT2D eigenvalue weighted by molar-refractivity contribution is 6.29. The van der Waals surface area contributed by atoms with Crippen LogP contribution in [0.25, 0.3) is 0 Å². The summed E-state index contributed by atoms with van der Waals surface area (Å²) >= 11 is 5.73. The molecule has 0 atom stereocenters. The summed E-state index contributed by atoms with van der Waals surface area (Å²) < 4.78 is 33.9. The second-order valence-corrected chi connectivity index (χ2v) is 5.12. The summed E-state index contributed by atoms with van der Waals surface area (Å²) in [5.41, 5.74) is 1.22. The molecule has 0 bridgehead atoms. The van der Waals surface area contributed by atoms with Crippen LogP contribution in [0.4, 0.5) is 8.78 Å². The standard InChI is InChI=1S/C16H15ClF2N2O3/c1-23-13-8-10(2-3-12(13)24-16(18)19)4-6-21-15(22)11-5-7-20-14(17)9-11/h2-3,5,7-9,16H,4,6H2,1H3,(H,21,22). The van der Waals surface area contributed by atoms with Crippen molar-refractivity contribution in [2.45, 2.75) is 13.0 Å². The Bertz CT molecular complexity index is 713. The number of nitrogens with one attached hydrogen (secondary N) is 1. The number of hydrogen-bond donors (Lipinski definition) is 1. The Morgan fingerprint density at radius 1 is 1.29 bits per heavy atom. The zero-order valence-corrected chi connectivity index (χ0v) is 13.5. The van der Waals surface area contributed by atoms with Gasteiger partial charge in [0, 0.05) is 18.3 Å². The Labute approximate surface area is 142 Å². The van der Waals surface area contributed by atoms with Crippen LogP contribution in [0.15, 0.2) is 36.5 Å². The first kappa shape index (κ1) is 17.9. The van der Waals surface area contributed by atoms with Gasteiger partial charge in [-0.1, -0.05) is 17.7 Å². The maximum atomic E-state index is 12.3. The van der Waals surface area contributed by atoms with Gasteiger partial charge in [-0.2, -0.15) is 8.78 Å². The molecular weight excluding hydrogens is 342 g/mol. The van der Waals surface area contributed by atoms with Crippen molar-refractivity contribution in [1.29, 1.82) is 0 Å². The molecule has 0 saturated carbocycles. The maximum Gasteiger partial charge on any atom is 0.387 e. The van der Waals surface area contributed by atoms with Gasteiger partial charge in [0.2, 0.25) is 0 Å². The number of benzene rings is 1. The molecule has 1 N–H and O–H groups in total. The Hall–Kier alpha value is -2.41. The van der Waals surface area contributed by atoms with Crippen LogP contribution >= 0.6 is 11.6 Å². The number of halogens is 3. The number of methoxy groups -OCH3 is 1. The third-order valence-electron chi connectivity index (χ3n) is 3.13. The van der Waals surface area contributed by atoms with E-state index in [1.807, 2.05) is 0 Å². The summed E-state index contributed by atoms with van der Waals surface area (Å²) in [6.07, 6.45) is 1.94. The third-order valence-corrected chi connectivity index (χ3v) is 3.34. The highest BCUT2D eigenvalue weighted by Gasteiger charge is 2.11. The number of hydrogen-bond acceptors (Lipinski definition) is 4. The molecule has 5 nitrogen and oxygen atoms in total. The third kappa shape index (κ3) is 5.06. The smallest absolute Gasteiger partial charge is 0.387 e. The molecule has 0 aliphatic rings. The molecule has 1 aromatic heterocycles. The first-order valence-corrected chi connectivity index (χ1v) is 7.39. The van der Waals surface area contributed by atoms with Crippen molar-refractivity contribution >= 4 is 17.5 Å². The lowest BCUT2D eigenvalue weighted by molar-refractivity contribution is -0.0512. The van der Waals surface area contributed by atoms with Gasteiger partial charge in [-0.05, 0) is 36.2 Å². The lowest BCUT2D eigenvalue weighted by atomic mass is 10.1. The van der Waals surface area contributed by atoms with Crippen LogP contribution in [0.2, 0.25) is 5.15 Å². The summed E-state index contributed by atoms with van der Waals surface area (Å²) in [6, 6.07) is 7.66. The minimum absolute atomic E-state index is 0.0355. The first-order chi connectivity index (χ1) is 11.5. The molecule has 1 aromatic carbocycles. The number of alkyl halides is 2. The van der Waals surface area contributed by atoms with Crippen LogP contribution in [-0.2, 0) is 6.42 Å². The SMILES string of the molecule is COc1cc(CCNC(=O)c2ccnc(Cl)c2)ccc1OC(F)F. The zero-order chi connectivity index (χ0) is 17.5. The molecule has 1 amide bonds. The molecule has 8 heteroatoms. The molecule has 2 aromatic rings. The van der Waals surface area contributed by atoms with Crippen LogP contribution in [0, 0.1) is 0 Å². The van der Waals surface area contributed by atoms with E-state index in [2.05, 4.69) is 15.0 Å². The van der Waals surface area contributed by atoms with Gasteiger partial charge < -0.3 is 14.8 Å². The molecule has 0 unspecified atom stereocenters. The van der Waals surface area contributed by atoms with Gasteiger partial charge in [0.25, 0.3) is 5.91 Å². The van der Waals surface area contributed by atoms with Crippen molar-refractivity contribution in [1.82, 2.24) is 10.3 Å². The fraction of sp³-hybridized carbons (Fsp3) is 0.250. The number of carbonyl (C=O) groups is 1. The molecular formula is C16H15ClF2N2O3. The van der Waals surface area contributed by atoms with Crippen LogP contribution in [0.3, 0.4) is 0 Å². The van der Waals surface area contributed by atoms with Crippen molar-refractivity contribution in [2.24, 2.45) is 0 Å². The van der Waals surface area contributed by atoms with Crippen molar-refractivity contribution in [3.63, 3.8) is 0 Å². The van der Waals surface area contributed by atoms with Crippen LogP contribution < -0.4 is 14.8 Å². The van der Waals surface area contributed by atoms with Crippen molar-refractivity contribution in [2.75, 3.05) is 13.7 Å². The van der Waals surface area contributed by atoms with E-state index in [1.54, 1.807) is 18.2 Å². The summed E-state index contributed by atoms with van der Waals surface area (Å²) in [5, 5.41) is 2.98. The largest absolute Gasteiger partial charge is 0.493 e. The summed E-state index contributed by atoms with van der Waals surface area (Å²) in [5.74, 6) is -0.101. The topological polar surface area (TPSA) is 60.5 Å². The lowest BCUT2D eigenvalue weighted by Crippen LogP contribution is -2.25. The average molecular weight is 357 g/mol. The molecule has 0 aliphatic heterocycles. The number of aromatic nitrogens is 1. The molecule has 0 saturated heterocycles. The fourth-order valence-corrected chi connectivity index (χ4v) is 2.20. The monoisotopic (exact) mass is 356 g/mol. The quantitative estimate of drug-likeness (QED) is 0.773. The molecule has 2 rings (SSSR count). The van der Waals surface area contributed by atoms with E-state index >= 15 is 0 Å². The van der Waals surface area contributed by atoms with Gasteiger partial charge in [0.15, 0.2) is 11.5 Å². The first-order valence-electron chi connectivity index (χ1n) is 7.01. The molecule has 128 valence electrons. The van der Waals surface area contributed by atoms with E-state index in [0.29, 0.717) is 18.5 Å². The summed E-state index contributed by atoms with van der Waals surface area (Å²) in [4.78, 5) is 15.8. The highest BCUT2D eigenvalue weighted by Crippen LogP contribution is 2.29. The van der Waals surface area contributed by atoms with Crippen molar-refractivity contribution in [3.8, 4) is 11.5 Å². The van der Waals surface area contributed by atoms with Gasteiger partial charge in [0.1, 0.15) is 5.15 Å². The lowest BCUT2D eigenvalue weighted by Gasteiger charge is -2.11. The predicted molar refractivity (Wildman–Crippen MR) is 84.9 cm³/mol. The van der Waals surface area contributed by atoms with Gasteiger partial charge in [-0.3, -0.25) is 4.79 Å². The molecule has 0 aliphatic carbocycles. The molecule has 0 spiro atoms. The predicted octanol–water partition coefficient (Wildman–Crippen LogP) is 3.32.